The second-order valence-electron chi connectivity index (χ2n) is 5.46. The van der Waals surface area contributed by atoms with Crippen LogP contribution in [0.5, 0.6) is 0 Å². The first kappa shape index (κ1) is 15.9. The summed E-state index contributed by atoms with van der Waals surface area (Å²) >= 11 is 0. The van der Waals surface area contributed by atoms with E-state index in [1.54, 1.807) is 0 Å². The highest BCUT2D eigenvalue weighted by Gasteiger charge is 2.32. The lowest BCUT2D eigenvalue weighted by Crippen LogP contribution is -2.40. The van der Waals surface area contributed by atoms with Crippen LogP contribution in [0.3, 0.4) is 0 Å². The van der Waals surface area contributed by atoms with E-state index in [0.29, 0.717) is 18.4 Å². The Hall–Kier alpha value is -1.51. The Balaban J connectivity index is 2.17. The SMILES string of the molecule is Cc1cc([N+](=O)[O-])ccc1S(=O)(=O)NCC1(O)CCCC1. The molecule has 0 radical (unpaired) electrons. The number of hydrogen-bond donors (Lipinski definition) is 2. The first-order chi connectivity index (χ1) is 9.73. The van der Waals surface area contributed by atoms with Gasteiger partial charge in [-0.15, -0.1) is 0 Å². The maximum atomic E-state index is 12.2. The normalized spacial score (nSPS) is 17.8. The van der Waals surface area contributed by atoms with Crippen molar-refractivity contribution in [1.82, 2.24) is 4.72 Å². The zero-order valence-corrected chi connectivity index (χ0v) is 12.5. The van der Waals surface area contributed by atoms with Gasteiger partial charge in [0.25, 0.3) is 5.69 Å². The summed E-state index contributed by atoms with van der Waals surface area (Å²) in [6.45, 7) is 1.47. The number of nitro groups is 1. The fourth-order valence-corrected chi connectivity index (χ4v) is 3.91. The zero-order chi connectivity index (χ0) is 15.7. The predicted molar refractivity (Wildman–Crippen MR) is 76.4 cm³/mol. The summed E-state index contributed by atoms with van der Waals surface area (Å²) in [6, 6.07) is 3.60. The Morgan fingerprint density at radius 3 is 2.52 bits per heavy atom. The number of aliphatic hydroxyl groups is 1. The van der Waals surface area contributed by atoms with Gasteiger partial charge in [-0.25, -0.2) is 13.1 Å². The van der Waals surface area contributed by atoms with Crippen LogP contribution in [0, 0.1) is 17.0 Å². The molecule has 1 aromatic rings. The summed E-state index contributed by atoms with van der Waals surface area (Å²) in [6.07, 6.45) is 2.92. The van der Waals surface area contributed by atoms with Crippen LogP contribution >= 0.6 is 0 Å². The topological polar surface area (TPSA) is 110 Å². The van der Waals surface area contributed by atoms with E-state index in [-0.39, 0.29) is 17.1 Å². The molecule has 0 saturated heterocycles. The van der Waals surface area contributed by atoms with Gasteiger partial charge in [0, 0.05) is 18.7 Å². The van der Waals surface area contributed by atoms with Gasteiger partial charge < -0.3 is 5.11 Å². The first-order valence-corrected chi connectivity index (χ1v) is 8.19. The van der Waals surface area contributed by atoms with Gasteiger partial charge in [0.15, 0.2) is 0 Å². The Bertz CT molecular complexity index is 651. The minimum atomic E-state index is -3.79. The van der Waals surface area contributed by atoms with Gasteiger partial charge in [0.1, 0.15) is 0 Å². The number of sulfonamides is 1. The summed E-state index contributed by atoms with van der Waals surface area (Å²) in [4.78, 5) is 10.1. The van der Waals surface area contributed by atoms with Crippen LogP contribution in [0.2, 0.25) is 0 Å². The molecule has 1 aliphatic rings. The fraction of sp³-hybridized carbons (Fsp3) is 0.538. The lowest BCUT2D eigenvalue weighted by molar-refractivity contribution is -0.385. The summed E-state index contributed by atoms with van der Waals surface area (Å²) in [5.74, 6) is 0. The van der Waals surface area contributed by atoms with Crippen molar-refractivity contribution in [2.75, 3.05) is 6.54 Å². The largest absolute Gasteiger partial charge is 0.389 e. The molecular formula is C13H18N2O5S. The van der Waals surface area contributed by atoms with Crippen molar-refractivity contribution in [1.29, 1.82) is 0 Å². The maximum absolute atomic E-state index is 12.2. The van der Waals surface area contributed by atoms with Crippen molar-refractivity contribution in [2.45, 2.75) is 43.1 Å². The van der Waals surface area contributed by atoms with E-state index >= 15 is 0 Å². The lowest BCUT2D eigenvalue weighted by Gasteiger charge is -2.22. The number of nitrogens with one attached hydrogen (secondary N) is 1. The Morgan fingerprint density at radius 1 is 1.38 bits per heavy atom. The van der Waals surface area contributed by atoms with Crippen LogP contribution in [0.4, 0.5) is 5.69 Å². The van der Waals surface area contributed by atoms with Gasteiger partial charge in [-0.1, -0.05) is 12.8 Å². The molecule has 7 nitrogen and oxygen atoms in total. The molecule has 21 heavy (non-hydrogen) atoms. The van der Waals surface area contributed by atoms with E-state index in [0.717, 1.165) is 18.9 Å². The van der Waals surface area contributed by atoms with Crippen molar-refractivity contribution in [3.63, 3.8) is 0 Å². The highest BCUT2D eigenvalue weighted by Crippen LogP contribution is 2.29. The first-order valence-electron chi connectivity index (χ1n) is 6.71. The van der Waals surface area contributed by atoms with Gasteiger partial charge in [-0.2, -0.15) is 0 Å². The van der Waals surface area contributed by atoms with Crippen LogP contribution in [0.1, 0.15) is 31.2 Å². The summed E-state index contributed by atoms with van der Waals surface area (Å²) in [5.41, 5.74) is -0.835. The number of non-ortho nitro benzene ring substituents is 1. The molecule has 1 aromatic carbocycles. The predicted octanol–water partition coefficient (Wildman–Crippen LogP) is 1.49. The molecule has 1 saturated carbocycles. The van der Waals surface area contributed by atoms with E-state index in [1.165, 1.54) is 19.1 Å². The van der Waals surface area contributed by atoms with Gasteiger partial charge in [-0.05, 0) is 31.4 Å². The van der Waals surface area contributed by atoms with E-state index in [1.807, 2.05) is 0 Å². The van der Waals surface area contributed by atoms with Crippen LogP contribution in [0.25, 0.3) is 0 Å². The monoisotopic (exact) mass is 314 g/mol. The standard InChI is InChI=1S/C13H18N2O5S/c1-10-8-11(15(17)18)4-5-12(10)21(19,20)14-9-13(16)6-2-3-7-13/h4-5,8,14,16H,2-3,6-7,9H2,1H3. The zero-order valence-electron chi connectivity index (χ0n) is 11.7. The molecule has 2 rings (SSSR count). The van der Waals surface area contributed by atoms with Crippen LogP contribution in [0.15, 0.2) is 23.1 Å². The molecule has 0 atom stereocenters. The Kier molecular flexibility index (Phi) is 4.31. The number of aryl methyl sites for hydroxylation is 1. The lowest BCUT2D eigenvalue weighted by atomic mass is 10.0. The number of nitrogens with zero attached hydrogens (tertiary/aromatic N) is 1. The molecule has 1 aliphatic carbocycles. The van der Waals surface area contributed by atoms with Gasteiger partial charge in [0.05, 0.1) is 15.4 Å². The van der Waals surface area contributed by atoms with E-state index in [4.69, 9.17) is 0 Å². The van der Waals surface area contributed by atoms with E-state index < -0.39 is 20.5 Å². The van der Waals surface area contributed by atoms with Crippen molar-refractivity contribution in [2.24, 2.45) is 0 Å². The molecule has 0 bridgehead atoms. The van der Waals surface area contributed by atoms with Crippen molar-refractivity contribution in [3.8, 4) is 0 Å². The van der Waals surface area contributed by atoms with Gasteiger partial charge in [0.2, 0.25) is 10.0 Å². The molecule has 8 heteroatoms. The molecule has 0 aliphatic heterocycles. The number of benzene rings is 1. The number of nitro benzene ring substituents is 1. The summed E-state index contributed by atoms with van der Waals surface area (Å²) in [5, 5.41) is 20.8. The molecule has 0 spiro atoms. The molecule has 2 N–H and O–H groups in total. The maximum Gasteiger partial charge on any atom is 0.269 e. The highest BCUT2D eigenvalue weighted by atomic mass is 32.2. The van der Waals surface area contributed by atoms with Crippen molar-refractivity contribution >= 4 is 15.7 Å². The van der Waals surface area contributed by atoms with Crippen molar-refractivity contribution < 1.29 is 18.4 Å². The number of hydrogen-bond acceptors (Lipinski definition) is 5. The Labute approximate surface area is 123 Å². The average molecular weight is 314 g/mol. The molecule has 0 aromatic heterocycles. The summed E-state index contributed by atoms with van der Waals surface area (Å²) in [7, 11) is -3.79. The molecule has 116 valence electrons. The van der Waals surface area contributed by atoms with Gasteiger partial charge in [-0.3, -0.25) is 10.1 Å². The molecule has 0 unspecified atom stereocenters. The second-order valence-corrected chi connectivity index (χ2v) is 7.20. The number of rotatable bonds is 5. The van der Waals surface area contributed by atoms with E-state index in [2.05, 4.69) is 4.72 Å². The summed E-state index contributed by atoms with van der Waals surface area (Å²) < 4.78 is 26.9. The van der Waals surface area contributed by atoms with Crippen LogP contribution in [-0.4, -0.2) is 30.6 Å². The second kappa shape index (κ2) is 5.70. The molecule has 0 heterocycles. The smallest absolute Gasteiger partial charge is 0.269 e. The quantitative estimate of drug-likeness (QED) is 0.632. The molecular weight excluding hydrogens is 296 g/mol. The van der Waals surface area contributed by atoms with Crippen LogP contribution < -0.4 is 4.72 Å². The van der Waals surface area contributed by atoms with E-state index in [9.17, 15) is 23.6 Å². The minimum Gasteiger partial charge on any atom is -0.389 e. The third-order valence-electron chi connectivity index (χ3n) is 3.78. The average Bonchev–Trinajstić information content (AvgIpc) is 2.84. The molecule has 0 amide bonds. The van der Waals surface area contributed by atoms with Crippen molar-refractivity contribution in [3.05, 3.63) is 33.9 Å². The van der Waals surface area contributed by atoms with Crippen LogP contribution in [-0.2, 0) is 10.0 Å². The third kappa shape index (κ3) is 3.58. The molecule has 1 fully saturated rings. The fourth-order valence-electron chi connectivity index (χ4n) is 2.57. The van der Waals surface area contributed by atoms with Gasteiger partial charge >= 0.3 is 0 Å². The highest BCUT2D eigenvalue weighted by molar-refractivity contribution is 7.89. The minimum absolute atomic E-state index is 0.00491. The third-order valence-corrected chi connectivity index (χ3v) is 5.35. The Morgan fingerprint density at radius 2 is 2.00 bits per heavy atom.